The van der Waals surface area contributed by atoms with Crippen LogP contribution >= 0.6 is 0 Å². The Labute approximate surface area is 129 Å². The fraction of sp³-hybridized carbons (Fsp3) is 0.312. The molecule has 22 heavy (non-hydrogen) atoms. The van der Waals surface area contributed by atoms with E-state index in [1.165, 1.54) is 0 Å². The Morgan fingerprint density at radius 3 is 2.73 bits per heavy atom. The Kier molecular flexibility index (Phi) is 4.60. The molecular formula is C16H18N4O2. The predicted octanol–water partition coefficient (Wildman–Crippen LogP) is 1.24. The van der Waals surface area contributed by atoms with Crippen molar-refractivity contribution >= 4 is 11.7 Å². The van der Waals surface area contributed by atoms with Gasteiger partial charge in [0.25, 0.3) is 5.91 Å². The SMILES string of the molecule is O=C(NCc1cccnc1N1CCOCC1)c1ccccn1. The Morgan fingerprint density at radius 2 is 1.95 bits per heavy atom. The third kappa shape index (κ3) is 3.40. The summed E-state index contributed by atoms with van der Waals surface area (Å²) in [5.74, 6) is 0.726. The Morgan fingerprint density at radius 1 is 1.14 bits per heavy atom. The maximum atomic E-state index is 12.1. The van der Waals surface area contributed by atoms with Gasteiger partial charge < -0.3 is 15.0 Å². The lowest BCUT2D eigenvalue weighted by Crippen LogP contribution is -2.37. The molecule has 3 rings (SSSR count). The first kappa shape index (κ1) is 14.5. The molecule has 3 heterocycles. The summed E-state index contributed by atoms with van der Waals surface area (Å²) in [7, 11) is 0. The van der Waals surface area contributed by atoms with Crippen molar-refractivity contribution in [1.29, 1.82) is 0 Å². The van der Waals surface area contributed by atoms with E-state index in [1.807, 2.05) is 12.1 Å². The molecule has 0 aromatic carbocycles. The van der Waals surface area contributed by atoms with Crippen LogP contribution in [0.25, 0.3) is 0 Å². The van der Waals surface area contributed by atoms with Gasteiger partial charge in [-0.1, -0.05) is 12.1 Å². The third-order valence-electron chi connectivity index (χ3n) is 3.52. The molecule has 6 nitrogen and oxygen atoms in total. The molecule has 2 aromatic heterocycles. The van der Waals surface area contributed by atoms with Crippen molar-refractivity contribution in [2.45, 2.75) is 6.54 Å². The smallest absolute Gasteiger partial charge is 0.270 e. The van der Waals surface area contributed by atoms with Gasteiger partial charge in [0, 0.05) is 37.6 Å². The van der Waals surface area contributed by atoms with Crippen molar-refractivity contribution < 1.29 is 9.53 Å². The first-order valence-electron chi connectivity index (χ1n) is 7.30. The van der Waals surface area contributed by atoms with Gasteiger partial charge in [-0.15, -0.1) is 0 Å². The summed E-state index contributed by atoms with van der Waals surface area (Å²) in [6, 6.07) is 9.14. The van der Waals surface area contributed by atoms with E-state index in [0.717, 1.165) is 24.5 Å². The van der Waals surface area contributed by atoms with Crippen LogP contribution in [0.15, 0.2) is 42.7 Å². The topological polar surface area (TPSA) is 67.4 Å². The average molecular weight is 298 g/mol. The van der Waals surface area contributed by atoms with E-state index >= 15 is 0 Å². The molecule has 1 aliphatic heterocycles. The molecule has 1 saturated heterocycles. The Balaban J connectivity index is 1.69. The second kappa shape index (κ2) is 7.00. The highest BCUT2D eigenvalue weighted by molar-refractivity contribution is 5.92. The van der Waals surface area contributed by atoms with Crippen LogP contribution in [0.5, 0.6) is 0 Å². The van der Waals surface area contributed by atoms with Crippen molar-refractivity contribution in [3.63, 3.8) is 0 Å². The number of rotatable bonds is 4. The van der Waals surface area contributed by atoms with Gasteiger partial charge >= 0.3 is 0 Å². The van der Waals surface area contributed by atoms with Crippen molar-refractivity contribution in [3.05, 3.63) is 54.0 Å². The highest BCUT2D eigenvalue weighted by Gasteiger charge is 2.16. The minimum atomic E-state index is -0.183. The van der Waals surface area contributed by atoms with Crippen LogP contribution in [0, 0.1) is 0 Å². The molecule has 0 spiro atoms. The van der Waals surface area contributed by atoms with Crippen LogP contribution in [0.3, 0.4) is 0 Å². The van der Waals surface area contributed by atoms with Gasteiger partial charge in [-0.2, -0.15) is 0 Å². The lowest BCUT2D eigenvalue weighted by Gasteiger charge is -2.29. The molecule has 0 atom stereocenters. The van der Waals surface area contributed by atoms with Crippen molar-refractivity contribution in [3.8, 4) is 0 Å². The first-order chi connectivity index (χ1) is 10.8. The standard InChI is InChI=1S/C16H18N4O2/c21-16(14-5-1-2-6-17-14)19-12-13-4-3-7-18-15(13)20-8-10-22-11-9-20/h1-7H,8-12H2,(H,19,21). The molecule has 2 aromatic rings. The number of carbonyl (C=O) groups is 1. The molecule has 0 radical (unpaired) electrons. The molecule has 0 saturated carbocycles. The minimum Gasteiger partial charge on any atom is -0.378 e. The number of hydrogen-bond acceptors (Lipinski definition) is 5. The zero-order valence-corrected chi connectivity index (χ0v) is 12.2. The molecule has 1 fully saturated rings. The highest BCUT2D eigenvalue weighted by Crippen LogP contribution is 2.18. The van der Waals surface area contributed by atoms with E-state index in [-0.39, 0.29) is 5.91 Å². The number of pyridine rings is 2. The van der Waals surface area contributed by atoms with E-state index < -0.39 is 0 Å². The van der Waals surface area contributed by atoms with E-state index in [0.29, 0.717) is 25.5 Å². The monoisotopic (exact) mass is 298 g/mol. The van der Waals surface area contributed by atoms with Crippen molar-refractivity contribution in [2.24, 2.45) is 0 Å². The second-order valence-corrected chi connectivity index (χ2v) is 4.98. The summed E-state index contributed by atoms with van der Waals surface area (Å²) in [6.45, 7) is 3.47. The van der Waals surface area contributed by atoms with E-state index in [4.69, 9.17) is 4.74 Å². The van der Waals surface area contributed by atoms with E-state index in [9.17, 15) is 4.79 Å². The maximum absolute atomic E-state index is 12.1. The fourth-order valence-corrected chi connectivity index (χ4v) is 2.39. The quantitative estimate of drug-likeness (QED) is 0.920. The predicted molar refractivity (Wildman–Crippen MR) is 82.7 cm³/mol. The average Bonchev–Trinajstić information content (AvgIpc) is 2.61. The van der Waals surface area contributed by atoms with Crippen LogP contribution in [0.4, 0.5) is 5.82 Å². The highest BCUT2D eigenvalue weighted by atomic mass is 16.5. The number of anilines is 1. The largest absolute Gasteiger partial charge is 0.378 e. The van der Waals surface area contributed by atoms with Crippen molar-refractivity contribution in [2.75, 3.05) is 31.2 Å². The summed E-state index contributed by atoms with van der Waals surface area (Å²) < 4.78 is 5.37. The van der Waals surface area contributed by atoms with Gasteiger partial charge in [0.15, 0.2) is 0 Å². The van der Waals surface area contributed by atoms with Gasteiger partial charge in [-0.25, -0.2) is 4.98 Å². The van der Waals surface area contributed by atoms with Gasteiger partial charge in [0.05, 0.1) is 13.2 Å². The van der Waals surface area contributed by atoms with Gasteiger partial charge in [-0.3, -0.25) is 9.78 Å². The number of amides is 1. The van der Waals surface area contributed by atoms with Gasteiger partial charge in [0.2, 0.25) is 0 Å². The zero-order valence-electron chi connectivity index (χ0n) is 12.2. The molecule has 1 N–H and O–H groups in total. The number of morpholine rings is 1. The summed E-state index contributed by atoms with van der Waals surface area (Å²) in [6.07, 6.45) is 3.38. The molecule has 6 heteroatoms. The summed E-state index contributed by atoms with van der Waals surface area (Å²) in [5.41, 5.74) is 1.41. The molecule has 0 unspecified atom stereocenters. The molecule has 1 amide bonds. The van der Waals surface area contributed by atoms with Crippen molar-refractivity contribution in [1.82, 2.24) is 15.3 Å². The van der Waals surface area contributed by atoms with Crippen LogP contribution in [0.2, 0.25) is 0 Å². The third-order valence-corrected chi connectivity index (χ3v) is 3.52. The Hall–Kier alpha value is -2.47. The maximum Gasteiger partial charge on any atom is 0.270 e. The normalized spacial score (nSPS) is 14.6. The number of carbonyl (C=O) groups excluding carboxylic acids is 1. The molecule has 0 bridgehead atoms. The summed E-state index contributed by atoms with van der Waals surface area (Å²) in [4.78, 5) is 22.8. The number of nitrogens with zero attached hydrogens (tertiary/aromatic N) is 3. The van der Waals surface area contributed by atoms with E-state index in [1.54, 1.807) is 30.6 Å². The number of ether oxygens (including phenoxy) is 1. The lowest BCUT2D eigenvalue weighted by molar-refractivity contribution is 0.0945. The summed E-state index contributed by atoms with van der Waals surface area (Å²) >= 11 is 0. The first-order valence-corrected chi connectivity index (χ1v) is 7.30. The van der Waals surface area contributed by atoms with Crippen LogP contribution in [-0.2, 0) is 11.3 Å². The van der Waals surface area contributed by atoms with Crippen LogP contribution in [0.1, 0.15) is 16.1 Å². The number of nitrogens with one attached hydrogen (secondary N) is 1. The molecular weight excluding hydrogens is 280 g/mol. The molecule has 1 aliphatic rings. The zero-order chi connectivity index (χ0) is 15.2. The number of aromatic nitrogens is 2. The minimum absolute atomic E-state index is 0.183. The Bertz CT molecular complexity index is 627. The van der Waals surface area contributed by atoms with Crippen LogP contribution < -0.4 is 10.2 Å². The van der Waals surface area contributed by atoms with Crippen LogP contribution in [-0.4, -0.2) is 42.2 Å². The lowest BCUT2D eigenvalue weighted by atomic mass is 10.2. The fourth-order valence-electron chi connectivity index (χ4n) is 2.39. The second-order valence-electron chi connectivity index (χ2n) is 4.98. The van der Waals surface area contributed by atoms with E-state index in [2.05, 4.69) is 20.2 Å². The van der Waals surface area contributed by atoms with Gasteiger partial charge in [0.1, 0.15) is 11.5 Å². The number of hydrogen-bond donors (Lipinski definition) is 1. The molecule has 0 aliphatic carbocycles. The van der Waals surface area contributed by atoms with Gasteiger partial charge in [-0.05, 0) is 18.2 Å². The molecule has 114 valence electrons. The summed E-state index contributed by atoms with van der Waals surface area (Å²) in [5, 5.41) is 2.90.